The molecule has 1 saturated heterocycles. The van der Waals surface area contributed by atoms with E-state index in [4.69, 9.17) is 5.26 Å². The van der Waals surface area contributed by atoms with Gasteiger partial charge in [0.05, 0.1) is 11.6 Å². The van der Waals surface area contributed by atoms with Gasteiger partial charge in [-0.15, -0.1) is 0 Å². The molecule has 1 amide bonds. The zero-order chi connectivity index (χ0) is 21.7. The third-order valence-corrected chi connectivity index (χ3v) is 4.92. The Kier molecular flexibility index (Phi) is 6.53. The fourth-order valence-corrected chi connectivity index (χ4v) is 3.33. The van der Waals surface area contributed by atoms with E-state index >= 15 is 0 Å². The van der Waals surface area contributed by atoms with Gasteiger partial charge in [0.25, 0.3) is 5.91 Å². The molecule has 2 aromatic rings. The van der Waals surface area contributed by atoms with E-state index in [9.17, 15) is 9.90 Å². The molecular formula is C22H28N6O2. The minimum atomic E-state index is -1.40. The molecule has 1 aliphatic rings. The van der Waals surface area contributed by atoms with Crippen LogP contribution in [0.1, 0.15) is 44.9 Å². The molecule has 1 aromatic carbocycles. The molecule has 0 saturated carbocycles. The van der Waals surface area contributed by atoms with Gasteiger partial charge in [0, 0.05) is 36.6 Å². The number of hydrogen-bond donors (Lipinski definition) is 3. The van der Waals surface area contributed by atoms with Crippen LogP contribution in [0.25, 0.3) is 0 Å². The first kappa shape index (κ1) is 21.5. The van der Waals surface area contributed by atoms with E-state index in [-0.39, 0.29) is 11.9 Å². The van der Waals surface area contributed by atoms with Gasteiger partial charge in [-0.1, -0.05) is 19.4 Å². The number of carbonyl (C=O) groups is 1. The summed E-state index contributed by atoms with van der Waals surface area (Å²) in [6.45, 7) is 6.44. The predicted molar refractivity (Wildman–Crippen MR) is 116 cm³/mol. The number of nitrogens with zero attached hydrogens (tertiary/aromatic N) is 4. The Bertz CT molecular complexity index is 947. The zero-order valence-corrected chi connectivity index (χ0v) is 17.6. The molecule has 0 radical (unpaired) electrons. The first-order chi connectivity index (χ1) is 14.3. The second-order valence-electron chi connectivity index (χ2n) is 8.07. The van der Waals surface area contributed by atoms with Crippen molar-refractivity contribution >= 4 is 23.4 Å². The topological polar surface area (TPSA) is 114 Å². The molecule has 158 valence electrons. The van der Waals surface area contributed by atoms with Crippen molar-refractivity contribution < 1.29 is 9.90 Å². The quantitative estimate of drug-likeness (QED) is 0.645. The molecule has 8 nitrogen and oxygen atoms in total. The Hall–Kier alpha value is -3.18. The number of nitrogens with one attached hydrogen (secondary N) is 2. The third-order valence-electron chi connectivity index (χ3n) is 4.92. The van der Waals surface area contributed by atoms with Gasteiger partial charge in [0.2, 0.25) is 5.95 Å². The first-order valence-corrected chi connectivity index (χ1v) is 10.2. The van der Waals surface area contributed by atoms with Crippen LogP contribution >= 0.6 is 0 Å². The first-order valence-electron chi connectivity index (χ1n) is 10.2. The Balaban J connectivity index is 1.78. The lowest BCUT2D eigenvalue weighted by Gasteiger charge is -2.22. The highest BCUT2D eigenvalue weighted by Gasteiger charge is 2.30. The fourth-order valence-electron chi connectivity index (χ4n) is 3.33. The lowest BCUT2D eigenvalue weighted by atomic mass is 10.1. The minimum absolute atomic E-state index is 0.0442. The molecule has 0 spiro atoms. The maximum Gasteiger partial charge on any atom is 0.251 e. The lowest BCUT2D eigenvalue weighted by Crippen LogP contribution is -2.47. The lowest BCUT2D eigenvalue weighted by molar-refractivity contribution is -0.137. The van der Waals surface area contributed by atoms with Crippen molar-refractivity contribution in [2.24, 2.45) is 0 Å². The molecule has 1 fully saturated rings. The number of amides is 1. The Morgan fingerprint density at radius 3 is 2.87 bits per heavy atom. The van der Waals surface area contributed by atoms with Crippen LogP contribution < -0.4 is 15.5 Å². The van der Waals surface area contributed by atoms with Crippen LogP contribution in [-0.2, 0) is 11.2 Å². The number of benzene rings is 1. The highest BCUT2D eigenvalue weighted by atomic mass is 16.3. The predicted octanol–water partition coefficient (Wildman–Crippen LogP) is 2.51. The summed E-state index contributed by atoms with van der Waals surface area (Å²) < 4.78 is 0. The average Bonchev–Trinajstić information content (AvgIpc) is 3.16. The van der Waals surface area contributed by atoms with E-state index in [1.807, 2.05) is 18.2 Å². The van der Waals surface area contributed by atoms with Crippen molar-refractivity contribution in [3.8, 4) is 6.07 Å². The van der Waals surface area contributed by atoms with E-state index in [0.29, 0.717) is 18.1 Å². The summed E-state index contributed by atoms with van der Waals surface area (Å²) in [6, 6.07) is 11.3. The largest absolute Gasteiger partial charge is 0.381 e. The molecule has 3 N–H and O–H groups in total. The van der Waals surface area contributed by atoms with E-state index in [1.54, 1.807) is 12.1 Å². The van der Waals surface area contributed by atoms with Gasteiger partial charge in [0.15, 0.2) is 0 Å². The molecule has 1 aliphatic heterocycles. The van der Waals surface area contributed by atoms with Gasteiger partial charge in [-0.05, 0) is 44.9 Å². The molecule has 0 aliphatic carbocycles. The molecule has 8 heteroatoms. The molecule has 0 unspecified atom stereocenters. The summed E-state index contributed by atoms with van der Waals surface area (Å²) in [5.41, 5.74) is 0.858. The highest BCUT2D eigenvalue weighted by molar-refractivity contribution is 5.84. The molecule has 3 rings (SSSR count). The van der Waals surface area contributed by atoms with Gasteiger partial charge in [-0.2, -0.15) is 10.2 Å². The van der Waals surface area contributed by atoms with Crippen LogP contribution in [-0.4, -0.2) is 45.7 Å². The normalized spacial score (nSPS) is 16.2. The zero-order valence-electron chi connectivity index (χ0n) is 17.6. The van der Waals surface area contributed by atoms with E-state index in [0.717, 1.165) is 43.0 Å². The summed E-state index contributed by atoms with van der Waals surface area (Å²) in [7, 11) is 0. The Morgan fingerprint density at radius 2 is 2.17 bits per heavy atom. The fraction of sp³-hybridized carbons (Fsp3) is 0.455. The number of nitriles is 1. The van der Waals surface area contributed by atoms with Crippen LogP contribution in [0, 0.1) is 11.3 Å². The number of carbonyl (C=O) groups excluding carboxylic acids is 1. The standard InChI is InChI=1S/C22H28N6O2/c1-4-6-16-12-19(28-10-9-18(14-28)24-20(29)22(2,3)30)27-21(25-16)26-17-8-5-7-15(11-17)13-23/h5,7-8,11-12,18,30H,4,6,9-10,14H2,1-3H3,(H,24,29)(H,25,26,27)/t18-/m0/s1. The number of anilines is 3. The summed E-state index contributed by atoms with van der Waals surface area (Å²) in [5, 5.41) is 25.1. The summed E-state index contributed by atoms with van der Waals surface area (Å²) in [6.07, 6.45) is 2.57. The number of aryl methyl sites for hydroxylation is 1. The maximum absolute atomic E-state index is 12.1. The van der Waals surface area contributed by atoms with Crippen molar-refractivity contribution in [3.05, 3.63) is 41.6 Å². The molecule has 1 atom stereocenters. The van der Waals surface area contributed by atoms with Gasteiger partial charge in [-0.3, -0.25) is 4.79 Å². The van der Waals surface area contributed by atoms with Crippen molar-refractivity contribution in [2.45, 2.75) is 51.7 Å². The van der Waals surface area contributed by atoms with Crippen molar-refractivity contribution in [2.75, 3.05) is 23.3 Å². The van der Waals surface area contributed by atoms with Crippen LogP contribution in [0.3, 0.4) is 0 Å². The van der Waals surface area contributed by atoms with Gasteiger partial charge in [0.1, 0.15) is 11.4 Å². The number of rotatable bonds is 7. The third kappa shape index (κ3) is 5.45. The second kappa shape index (κ2) is 9.09. The van der Waals surface area contributed by atoms with Crippen molar-refractivity contribution in [1.82, 2.24) is 15.3 Å². The smallest absolute Gasteiger partial charge is 0.251 e. The molecule has 2 heterocycles. The van der Waals surface area contributed by atoms with Crippen LogP contribution in [0.5, 0.6) is 0 Å². The van der Waals surface area contributed by atoms with Crippen molar-refractivity contribution in [3.63, 3.8) is 0 Å². The summed E-state index contributed by atoms with van der Waals surface area (Å²) in [4.78, 5) is 23.5. The number of aliphatic hydroxyl groups is 1. The number of aromatic nitrogens is 2. The van der Waals surface area contributed by atoms with Gasteiger partial charge < -0.3 is 20.6 Å². The molecule has 30 heavy (non-hydrogen) atoms. The monoisotopic (exact) mass is 408 g/mol. The molecule has 1 aromatic heterocycles. The SMILES string of the molecule is CCCc1cc(N2CC[C@H](NC(=O)C(C)(C)O)C2)nc(Nc2cccc(C#N)c2)n1. The maximum atomic E-state index is 12.1. The highest BCUT2D eigenvalue weighted by Crippen LogP contribution is 2.23. The summed E-state index contributed by atoms with van der Waals surface area (Å²) >= 11 is 0. The van der Waals surface area contributed by atoms with Gasteiger partial charge in [-0.25, -0.2) is 4.98 Å². The van der Waals surface area contributed by atoms with Crippen molar-refractivity contribution in [1.29, 1.82) is 5.26 Å². The summed E-state index contributed by atoms with van der Waals surface area (Å²) in [5.74, 6) is 0.908. The molecule has 0 bridgehead atoms. The Morgan fingerprint density at radius 1 is 1.37 bits per heavy atom. The van der Waals surface area contributed by atoms with E-state index in [2.05, 4.69) is 38.5 Å². The van der Waals surface area contributed by atoms with Crippen LogP contribution in [0.15, 0.2) is 30.3 Å². The second-order valence-corrected chi connectivity index (χ2v) is 8.07. The van der Waals surface area contributed by atoms with E-state index in [1.165, 1.54) is 13.8 Å². The average molecular weight is 409 g/mol. The van der Waals surface area contributed by atoms with E-state index < -0.39 is 5.60 Å². The number of hydrogen-bond acceptors (Lipinski definition) is 7. The molecular weight excluding hydrogens is 380 g/mol. The minimum Gasteiger partial charge on any atom is -0.381 e. The van der Waals surface area contributed by atoms with Gasteiger partial charge >= 0.3 is 0 Å². The van der Waals surface area contributed by atoms with Crippen LogP contribution in [0.2, 0.25) is 0 Å². The van der Waals surface area contributed by atoms with Crippen LogP contribution in [0.4, 0.5) is 17.5 Å². The Labute approximate surface area is 177 Å².